The van der Waals surface area contributed by atoms with Crippen molar-refractivity contribution in [1.82, 2.24) is 14.8 Å². The summed E-state index contributed by atoms with van der Waals surface area (Å²) in [6.45, 7) is 8.22. The molecular formula is C25H33ClN4O2. The van der Waals surface area contributed by atoms with Crippen LogP contribution in [0.4, 0.5) is 5.82 Å². The van der Waals surface area contributed by atoms with Crippen LogP contribution < -0.4 is 5.32 Å². The first-order chi connectivity index (χ1) is 15.5. The normalized spacial score (nSPS) is 17.1. The molecule has 0 unspecified atom stereocenters. The summed E-state index contributed by atoms with van der Waals surface area (Å²) in [6, 6.07) is 10.5. The van der Waals surface area contributed by atoms with Gasteiger partial charge in [0.25, 0.3) is 0 Å². The van der Waals surface area contributed by atoms with Gasteiger partial charge < -0.3 is 10.2 Å². The molecule has 7 heteroatoms. The number of amides is 2. The molecule has 32 heavy (non-hydrogen) atoms. The maximum Gasteiger partial charge on any atom is 0.222 e. The summed E-state index contributed by atoms with van der Waals surface area (Å²) >= 11 is 6.08. The Hall–Kier alpha value is -2.44. The van der Waals surface area contributed by atoms with Gasteiger partial charge in [-0.1, -0.05) is 30.7 Å². The van der Waals surface area contributed by atoms with Gasteiger partial charge in [-0.05, 0) is 67.5 Å². The van der Waals surface area contributed by atoms with Crippen molar-refractivity contribution in [2.24, 2.45) is 0 Å². The molecule has 2 aromatic rings. The Morgan fingerprint density at radius 2 is 1.94 bits per heavy atom. The number of aromatic nitrogens is 1. The number of likely N-dealkylation sites (tertiary alicyclic amines) is 2. The van der Waals surface area contributed by atoms with Crippen LogP contribution in [0.2, 0.25) is 5.02 Å². The predicted octanol–water partition coefficient (Wildman–Crippen LogP) is 4.45. The molecule has 0 radical (unpaired) electrons. The SMILES string of the molecule is CCc1ccnc(NC=O)c1.Cc1cc(CN2CCC(N3CCCC3=O)CC2)ccc1Cl. The summed E-state index contributed by atoms with van der Waals surface area (Å²) in [5, 5.41) is 3.33. The number of carbonyl (C=O) groups excluding carboxylic acids is 2. The molecule has 2 saturated heterocycles. The number of nitrogens with one attached hydrogen (secondary N) is 1. The minimum atomic E-state index is 0.363. The number of anilines is 1. The van der Waals surface area contributed by atoms with E-state index in [-0.39, 0.29) is 0 Å². The largest absolute Gasteiger partial charge is 0.340 e. The van der Waals surface area contributed by atoms with E-state index in [2.05, 4.69) is 46.1 Å². The lowest BCUT2D eigenvalue weighted by Crippen LogP contribution is -2.45. The van der Waals surface area contributed by atoms with Crippen molar-refractivity contribution in [1.29, 1.82) is 0 Å². The first kappa shape index (κ1) is 24.2. The van der Waals surface area contributed by atoms with Crippen molar-refractivity contribution in [2.45, 2.75) is 58.5 Å². The number of halogens is 1. The third-order valence-electron chi connectivity index (χ3n) is 6.18. The number of piperidine rings is 1. The minimum absolute atomic E-state index is 0.363. The Bertz CT molecular complexity index is 913. The van der Waals surface area contributed by atoms with Crippen LogP contribution in [0.3, 0.4) is 0 Å². The van der Waals surface area contributed by atoms with Gasteiger partial charge in [0.15, 0.2) is 0 Å². The first-order valence-corrected chi connectivity index (χ1v) is 11.8. The van der Waals surface area contributed by atoms with E-state index in [0.29, 0.717) is 24.2 Å². The van der Waals surface area contributed by atoms with E-state index < -0.39 is 0 Å². The maximum absolute atomic E-state index is 11.8. The quantitative estimate of drug-likeness (QED) is 0.652. The van der Waals surface area contributed by atoms with Crippen molar-refractivity contribution in [3.05, 3.63) is 58.2 Å². The molecule has 172 valence electrons. The lowest BCUT2D eigenvalue weighted by Gasteiger charge is -2.36. The van der Waals surface area contributed by atoms with Gasteiger partial charge >= 0.3 is 0 Å². The number of hydrogen-bond acceptors (Lipinski definition) is 4. The van der Waals surface area contributed by atoms with Crippen LogP contribution in [0.15, 0.2) is 36.5 Å². The van der Waals surface area contributed by atoms with Gasteiger partial charge in [-0.25, -0.2) is 4.98 Å². The van der Waals surface area contributed by atoms with Gasteiger partial charge in [-0.3, -0.25) is 14.5 Å². The Morgan fingerprint density at radius 3 is 2.56 bits per heavy atom. The number of pyridine rings is 1. The summed E-state index contributed by atoms with van der Waals surface area (Å²) in [6.07, 6.45) is 7.28. The van der Waals surface area contributed by atoms with Crippen LogP contribution in [0, 0.1) is 6.92 Å². The summed E-state index contributed by atoms with van der Waals surface area (Å²) < 4.78 is 0. The molecule has 2 amide bonds. The molecule has 6 nitrogen and oxygen atoms in total. The smallest absolute Gasteiger partial charge is 0.222 e. The second kappa shape index (κ2) is 12.0. The maximum atomic E-state index is 11.8. The standard InChI is InChI=1S/C17H23ClN2O.C8H10N2O/c1-13-11-14(4-5-16(13)18)12-19-9-6-15(7-10-19)20-8-2-3-17(20)21;1-2-7-3-4-9-8(5-7)10-6-11/h4-5,11,15H,2-3,6-10,12H2,1H3;3-6H,2H2,1H3,(H,9,10,11). The van der Waals surface area contributed by atoms with E-state index in [1.54, 1.807) is 6.20 Å². The highest BCUT2D eigenvalue weighted by Crippen LogP contribution is 2.24. The lowest BCUT2D eigenvalue weighted by molar-refractivity contribution is -0.130. The van der Waals surface area contributed by atoms with Gasteiger partial charge in [-0.2, -0.15) is 0 Å². The topological polar surface area (TPSA) is 65.5 Å². The predicted molar refractivity (Wildman–Crippen MR) is 129 cm³/mol. The third kappa shape index (κ3) is 6.78. The second-order valence-corrected chi connectivity index (χ2v) is 8.85. The number of carbonyl (C=O) groups is 2. The van der Waals surface area contributed by atoms with Crippen molar-refractivity contribution in [3.63, 3.8) is 0 Å². The Labute approximate surface area is 196 Å². The van der Waals surface area contributed by atoms with Crippen molar-refractivity contribution >= 4 is 29.7 Å². The van der Waals surface area contributed by atoms with Gasteiger partial charge in [0.2, 0.25) is 12.3 Å². The summed E-state index contributed by atoms with van der Waals surface area (Å²) in [5.74, 6) is 0.973. The van der Waals surface area contributed by atoms with E-state index in [0.717, 1.165) is 68.9 Å². The second-order valence-electron chi connectivity index (χ2n) is 8.45. The fraction of sp³-hybridized carbons (Fsp3) is 0.480. The van der Waals surface area contributed by atoms with Gasteiger partial charge in [0.1, 0.15) is 5.82 Å². The minimum Gasteiger partial charge on any atom is -0.340 e. The van der Waals surface area contributed by atoms with Crippen LogP contribution in [0.25, 0.3) is 0 Å². The first-order valence-electron chi connectivity index (χ1n) is 11.4. The number of hydrogen-bond donors (Lipinski definition) is 1. The fourth-order valence-corrected chi connectivity index (χ4v) is 4.46. The van der Waals surface area contributed by atoms with Crippen molar-refractivity contribution in [2.75, 3.05) is 25.0 Å². The van der Waals surface area contributed by atoms with Crippen molar-refractivity contribution < 1.29 is 9.59 Å². The molecule has 2 aliphatic rings. The molecule has 1 N–H and O–H groups in total. The fourth-order valence-electron chi connectivity index (χ4n) is 4.34. The summed E-state index contributed by atoms with van der Waals surface area (Å²) in [7, 11) is 0. The number of benzene rings is 1. The zero-order valence-corrected chi connectivity index (χ0v) is 19.8. The number of rotatable bonds is 6. The van der Waals surface area contributed by atoms with E-state index in [1.165, 1.54) is 11.1 Å². The van der Waals surface area contributed by atoms with Crippen LogP contribution in [0.1, 0.15) is 49.3 Å². The molecule has 4 rings (SSSR count). The molecule has 0 spiro atoms. The third-order valence-corrected chi connectivity index (χ3v) is 6.60. The molecule has 1 aromatic heterocycles. The highest BCUT2D eigenvalue weighted by molar-refractivity contribution is 6.31. The number of nitrogens with zero attached hydrogens (tertiary/aromatic N) is 3. The zero-order valence-electron chi connectivity index (χ0n) is 19.0. The van der Waals surface area contributed by atoms with E-state index in [9.17, 15) is 9.59 Å². The Kier molecular flexibility index (Phi) is 9.06. The molecule has 3 heterocycles. The van der Waals surface area contributed by atoms with Crippen LogP contribution in [-0.2, 0) is 22.6 Å². The molecule has 1 aromatic carbocycles. The molecule has 0 aliphatic carbocycles. The monoisotopic (exact) mass is 456 g/mol. The van der Waals surface area contributed by atoms with Crippen molar-refractivity contribution in [3.8, 4) is 0 Å². The van der Waals surface area contributed by atoms with Crippen LogP contribution in [-0.4, -0.2) is 52.8 Å². The molecule has 0 atom stereocenters. The Balaban J connectivity index is 0.000000222. The molecular weight excluding hydrogens is 424 g/mol. The van der Waals surface area contributed by atoms with E-state index in [4.69, 9.17) is 11.6 Å². The average Bonchev–Trinajstić information content (AvgIpc) is 3.23. The molecule has 0 saturated carbocycles. The Morgan fingerprint density at radius 1 is 1.16 bits per heavy atom. The average molecular weight is 457 g/mol. The van der Waals surface area contributed by atoms with E-state index >= 15 is 0 Å². The lowest BCUT2D eigenvalue weighted by atomic mass is 10.0. The zero-order chi connectivity index (χ0) is 22.9. The summed E-state index contributed by atoms with van der Waals surface area (Å²) in [5.41, 5.74) is 3.64. The highest BCUT2D eigenvalue weighted by atomic mass is 35.5. The summed E-state index contributed by atoms with van der Waals surface area (Å²) in [4.78, 5) is 30.4. The van der Waals surface area contributed by atoms with Gasteiger partial charge in [0.05, 0.1) is 0 Å². The van der Waals surface area contributed by atoms with Gasteiger partial charge in [-0.15, -0.1) is 0 Å². The molecule has 2 aliphatic heterocycles. The number of aryl methyl sites for hydroxylation is 2. The van der Waals surface area contributed by atoms with Crippen LogP contribution in [0.5, 0.6) is 0 Å². The molecule has 2 fully saturated rings. The highest BCUT2D eigenvalue weighted by Gasteiger charge is 2.30. The molecule has 0 bridgehead atoms. The van der Waals surface area contributed by atoms with E-state index in [1.807, 2.05) is 18.2 Å². The van der Waals surface area contributed by atoms with Gasteiger partial charge in [0, 0.05) is 49.9 Å². The van der Waals surface area contributed by atoms with Crippen LogP contribution >= 0.6 is 11.6 Å².